The minimum absolute atomic E-state index is 0.0420. The van der Waals surface area contributed by atoms with Crippen LogP contribution in [0, 0.1) is 6.92 Å². The second kappa shape index (κ2) is 6.24. The van der Waals surface area contributed by atoms with Crippen molar-refractivity contribution >= 4 is 17.5 Å². The molecule has 4 nitrogen and oxygen atoms in total. The Labute approximate surface area is 136 Å². The summed E-state index contributed by atoms with van der Waals surface area (Å²) in [6, 6.07) is 13.6. The minimum atomic E-state index is -0.0874. The summed E-state index contributed by atoms with van der Waals surface area (Å²) < 4.78 is 0. The van der Waals surface area contributed by atoms with E-state index in [1.54, 1.807) is 17.9 Å². The van der Waals surface area contributed by atoms with Gasteiger partial charge in [0.15, 0.2) is 0 Å². The molecule has 0 aliphatic carbocycles. The highest BCUT2D eigenvalue weighted by Gasteiger charge is 2.23. The normalized spacial score (nSPS) is 12.9. The highest BCUT2D eigenvalue weighted by Crippen LogP contribution is 2.28. The van der Waals surface area contributed by atoms with Crippen molar-refractivity contribution in [3.63, 3.8) is 0 Å². The third-order valence-corrected chi connectivity index (χ3v) is 4.15. The van der Waals surface area contributed by atoms with Crippen LogP contribution >= 0.6 is 0 Å². The molecule has 2 aromatic rings. The van der Waals surface area contributed by atoms with E-state index < -0.39 is 0 Å². The first-order chi connectivity index (χ1) is 11.0. The van der Waals surface area contributed by atoms with Crippen LogP contribution in [0.1, 0.15) is 34.0 Å². The lowest BCUT2D eigenvalue weighted by Gasteiger charge is -2.14. The lowest BCUT2D eigenvalue weighted by Crippen LogP contribution is -2.26. The van der Waals surface area contributed by atoms with Crippen LogP contribution in [0.5, 0.6) is 0 Å². The van der Waals surface area contributed by atoms with E-state index in [0.29, 0.717) is 18.7 Å². The Kier molecular flexibility index (Phi) is 4.15. The second-order valence-electron chi connectivity index (χ2n) is 5.94. The van der Waals surface area contributed by atoms with E-state index in [-0.39, 0.29) is 11.8 Å². The van der Waals surface area contributed by atoms with E-state index in [1.165, 1.54) is 5.56 Å². The Balaban J connectivity index is 1.70. The Morgan fingerprint density at radius 3 is 2.74 bits per heavy atom. The van der Waals surface area contributed by atoms with Crippen LogP contribution in [0.2, 0.25) is 0 Å². The summed E-state index contributed by atoms with van der Waals surface area (Å²) in [4.78, 5) is 25.6. The summed E-state index contributed by atoms with van der Waals surface area (Å²) >= 11 is 0. The fourth-order valence-electron chi connectivity index (χ4n) is 2.98. The van der Waals surface area contributed by atoms with E-state index in [0.717, 1.165) is 23.2 Å². The molecule has 0 fully saturated rings. The van der Waals surface area contributed by atoms with E-state index in [4.69, 9.17) is 0 Å². The fourth-order valence-corrected chi connectivity index (χ4v) is 2.98. The SMILES string of the molecule is CC(=O)N1CCc2cc(C(=O)NCc3cccc(C)c3)ccc21. The molecule has 1 aliphatic rings. The summed E-state index contributed by atoms with van der Waals surface area (Å²) in [6.07, 6.45) is 0.800. The Morgan fingerprint density at radius 2 is 2.00 bits per heavy atom. The van der Waals surface area contributed by atoms with Gasteiger partial charge < -0.3 is 10.2 Å². The van der Waals surface area contributed by atoms with Crippen molar-refractivity contribution in [2.45, 2.75) is 26.8 Å². The molecule has 2 aromatic carbocycles. The lowest BCUT2D eigenvalue weighted by atomic mass is 10.1. The van der Waals surface area contributed by atoms with Gasteiger partial charge in [0, 0.05) is 31.3 Å². The topological polar surface area (TPSA) is 49.4 Å². The predicted octanol–water partition coefficient (Wildman–Crippen LogP) is 2.83. The molecule has 0 saturated carbocycles. The van der Waals surface area contributed by atoms with Gasteiger partial charge in [-0.1, -0.05) is 29.8 Å². The second-order valence-corrected chi connectivity index (χ2v) is 5.94. The summed E-state index contributed by atoms with van der Waals surface area (Å²) in [5.41, 5.74) is 4.89. The van der Waals surface area contributed by atoms with Crippen LogP contribution in [0.15, 0.2) is 42.5 Å². The fraction of sp³-hybridized carbons (Fsp3) is 0.263. The number of aryl methyl sites for hydroxylation is 1. The number of nitrogens with zero attached hydrogens (tertiary/aromatic N) is 1. The zero-order valence-electron chi connectivity index (χ0n) is 13.4. The maximum absolute atomic E-state index is 12.3. The molecular weight excluding hydrogens is 288 g/mol. The van der Waals surface area contributed by atoms with Crippen LogP contribution in [0.3, 0.4) is 0 Å². The maximum Gasteiger partial charge on any atom is 0.251 e. The third-order valence-electron chi connectivity index (χ3n) is 4.15. The van der Waals surface area contributed by atoms with Gasteiger partial charge in [0.1, 0.15) is 0 Å². The number of carbonyl (C=O) groups excluding carboxylic acids is 2. The van der Waals surface area contributed by atoms with E-state index in [9.17, 15) is 9.59 Å². The molecule has 23 heavy (non-hydrogen) atoms. The van der Waals surface area contributed by atoms with Crippen LogP contribution < -0.4 is 10.2 Å². The van der Waals surface area contributed by atoms with Gasteiger partial charge in [-0.25, -0.2) is 0 Å². The Bertz CT molecular complexity index is 768. The standard InChI is InChI=1S/C19H20N2O2/c1-13-4-3-5-15(10-13)12-20-19(23)17-6-7-18-16(11-17)8-9-21(18)14(2)22/h3-7,10-11H,8-9,12H2,1-2H3,(H,20,23). The molecule has 0 aromatic heterocycles. The predicted molar refractivity (Wildman–Crippen MR) is 90.5 cm³/mol. The first kappa shape index (κ1) is 15.3. The van der Waals surface area contributed by atoms with Crippen LogP contribution in [-0.4, -0.2) is 18.4 Å². The van der Waals surface area contributed by atoms with Crippen molar-refractivity contribution in [1.82, 2.24) is 5.32 Å². The zero-order chi connectivity index (χ0) is 16.4. The number of nitrogens with one attached hydrogen (secondary N) is 1. The molecule has 0 saturated heterocycles. The number of carbonyl (C=O) groups is 2. The molecule has 118 valence electrons. The van der Waals surface area contributed by atoms with Gasteiger partial charge in [-0.15, -0.1) is 0 Å². The van der Waals surface area contributed by atoms with Gasteiger partial charge in [0.2, 0.25) is 5.91 Å². The van der Waals surface area contributed by atoms with Gasteiger partial charge in [-0.3, -0.25) is 9.59 Å². The molecule has 0 unspecified atom stereocenters. The number of benzene rings is 2. The molecule has 2 amide bonds. The quantitative estimate of drug-likeness (QED) is 0.948. The average Bonchev–Trinajstić information content (AvgIpc) is 2.96. The largest absolute Gasteiger partial charge is 0.348 e. The van der Waals surface area contributed by atoms with Crippen molar-refractivity contribution in [1.29, 1.82) is 0 Å². The van der Waals surface area contributed by atoms with Gasteiger partial charge in [-0.2, -0.15) is 0 Å². The van der Waals surface area contributed by atoms with E-state index in [2.05, 4.69) is 11.4 Å². The number of anilines is 1. The molecule has 0 radical (unpaired) electrons. The van der Waals surface area contributed by atoms with E-state index >= 15 is 0 Å². The molecule has 1 N–H and O–H groups in total. The number of amides is 2. The van der Waals surface area contributed by atoms with E-state index in [1.807, 2.05) is 37.3 Å². The molecule has 0 bridgehead atoms. The van der Waals surface area contributed by atoms with Gasteiger partial charge in [0.25, 0.3) is 5.91 Å². The van der Waals surface area contributed by atoms with Gasteiger partial charge >= 0.3 is 0 Å². The average molecular weight is 308 g/mol. The number of rotatable bonds is 3. The van der Waals surface area contributed by atoms with Crippen LogP contribution in [0.25, 0.3) is 0 Å². The minimum Gasteiger partial charge on any atom is -0.348 e. The van der Waals surface area contributed by atoms with Crippen molar-refractivity contribution in [2.24, 2.45) is 0 Å². The smallest absolute Gasteiger partial charge is 0.251 e. The molecule has 1 heterocycles. The molecule has 0 atom stereocenters. The summed E-state index contributed by atoms with van der Waals surface area (Å²) in [7, 11) is 0. The number of fused-ring (bicyclic) bond motifs is 1. The van der Waals surface area contributed by atoms with Crippen molar-refractivity contribution in [3.05, 3.63) is 64.7 Å². The molecule has 1 aliphatic heterocycles. The molecular formula is C19H20N2O2. The van der Waals surface area contributed by atoms with Gasteiger partial charge in [0.05, 0.1) is 0 Å². The van der Waals surface area contributed by atoms with Crippen molar-refractivity contribution < 1.29 is 9.59 Å². The zero-order valence-corrected chi connectivity index (χ0v) is 13.4. The van der Waals surface area contributed by atoms with Crippen molar-refractivity contribution in [3.8, 4) is 0 Å². The Hall–Kier alpha value is -2.62. The number of hydrogen-bond acceptors (Lipinski definition) is 2. The highest BCUT2D eigenvalue weighted by molar-refractivity contribution is 5.97. The van der Waals surface area contributed by atoms with Crippen LogP contribution in [-0.2, 0) is 17.8 Å². The number of hydrogen-bond donors (Lipinski definition) is 1. The molecule has 3 rings (SSSR count). The Morgan fingerprint density at radius 1 is 1.17 bits per heavy atom. The molecule has 0 spiro atoms. The third kappa shape index (κ3) is 3.26. The lowest BCUT2D eigenvalue weighted by molar-refractivity contribution is -0.116. The molecule has 4 heteroatoms. The first-order valence-corrected chi connectivity index (χ1v) is 7.79. The van der Waals surface area contributed by atoms with Crippen LogP contribution in [0.4, 0.5) is 5.69 Å². The maximum atomic E-state index is 12.3. The summed E-state index contributed by atoms with van der Waals surface area (Å²) in [5, 5.41) is 2.95. The summed E-state index contributed by atoms with van der Waals surface area (Å²) in [5.74, 6) is -0.0454. The first-order valence-electron chi connectivity index (χ1n) is 7.79. The monoisotopic (exact) mass is 308 g/mol. The van der Waals surface area contributed by atoms with Crippen molar-refractivity contribution in [2.75, 3.05) is 11.4 Å². The summed E-state index contributed by atoms with van der Waals surface area (Å²) in [6.45, 7) is 4.81. The highest BCUT2D eigenvalue weighted by atomic mass is 16.2. The van der Waals surface area contributed by atoms with Gasteiger partial charge in [-0.05, 0) is 42.7 Å².